The maximum Gasteiger partial charge on any atom is 0.425 e. The summed E-state index contributed by atoms with van der Waals surface area (Å²) in [5, 5.41) is 13.8. The molecule has 1 unspecified atom stereocenters. The molecule has 176 valence electrons. The molecule has 7 nitrogen and oxygen atoms in total. The number of nitriles is 1. The molecule has 0 saturated heterocycles. The summed E-state index contributed by atoms with van der Waals surface area (Å²) in [6.45, 7) is 1.03. The highest BCUT2D eigenvalue weighted by atomic mass is 19.4. The van der Waals surface area contributed by atoms with Gasteiger partial charge in [-0.05, 0) is 43.3 Å². The minimum atomic E-state index is -4.66. The lowest BCUT2D eigenvalue weighted by atomic mass is 10.1. The molecule has 1 atom stereocenters. The summed E-state index contributed by atoms with van der Waals surface area (Å²) < 4.78 is 64.3. The fraction of sp³-hybridized carbons (Fsp3) is 0.261. The third-order valence-electron chi connectivity index (χ3n) is 5.38. The Labute approximate surface area is 191 Å². The molecule has 1 aliphatic heterocycles. The number of hydrogen-bond donors (Lipinski definition) is 0. The van der Waals surface area contributed by atoms with Gasteiger partial charge in [-0.25, -0.2) is 9.07 Å². The number of nitrogens with zero attached hydrogens (tertiary/aromatic N) is 4. The van der Waals surface area contributed by atoms with Gasteiger partial charge in [0.2, 0.25) is 0 Å². The Bertz CT molecular complexity index is 1260. The second-order valence-electron chi connectivity index (χ2n) is 7.62. The zero-order valence-electron chi connectivity index (χ0n) is 18.1. The lowest BCUT2D eigenvalue weighted by Crippen LogP contribution is -2.33. The van der Waals surface area contributed by atoms with Gasteiger partial charge in [0.15, 0.2) is 11.9 Å². The smallest absolute Gasteiger partial charge is 0.425 e. The van der Waals surface area contributed by atoms with Crippen LogP contribution in [0.15, 0.2) is 42.6 Å². The van der Waals surface area contributed by atoms with Crippen molar-refractivity contribution in [3.63, 3.8) is 0 Å². The van der Waals surface area contributed by atoms with Crippen LogP contribution in [0.3, 0.4) is 0 Å². The Balaban J connectivity index is 1.64. The molecule has 0 saturated carbocycles. The van der Waals surface area contributed by atoms with Crippen molar-refractivity contribution in [2.45, 2.75) is 32.3 Å². The maximum absolute atomic E-state index is 13.4. The molecule has 1 aliphatic rings. The van der Waals surface area contributed by atoms with Crippen molar-refractivity contribution < 1.29 is 31.8 Å². The molecule has 0 fully saturated rings. The van der Waals surface area contributed by atoms with Crippen LogP contribution in [0.1, 0.15) is 34.1 Å². The molecular weight excluding hydrogens is 456 g/mol. The first-order valence-corrected chi connectivity index (χ1v) is 10.1. The van der Waals surface area contributed by atoms with Crippen LogP contribution in [0.2, 0.25) is 0 Å². The number of aromatic nitrogens is 2. The van der Waals surface area contributed by atoms with Gasteiger partial charge in [-0.2, -0.15) is 23.5 Å². The molecule has 0 bridgehead atoms. The highest BCUT2D eigenvalue weighted by Gasteiger charge is 2.40. The predicted molar refractivity (Wildman–Crippen MR) is 111 cm³/mol. The van der Waals surface area contributed by atoms with Crippen molar-refractivity contribution in [1.29, 1.82) is 5.26 Å². The number of carbonyl (C=O) groups excluding carboxylic acids is 1. The number of carbonyl (C=O) groups is 1. The van der Waals surface area contributed by atoms with Crippen LogP contribution in [-0.2, 0) is 13.1 Å². The summed E-state index contributed by atoms with van der Waals surface area (Å²) in [5.41, 5.74) is 1.65. The van der Waals surface area contributed by atoms with Crippen LogP contribution < -0.4 is 9.47 Å². The number of fused-ring (bicyclic) bond motifs is 1. The summed E-state index contributed by atoms with van der Waals surface area (Å²) in [5.74, 6) is -1.55. The molecule has 1 aromatic heterocycles. The fourth-order valence-corrected chi connectivity index (χ4v) is 3.60. The van der Waals surface area contributed by atoms with Crippen molar-refractivity contribution >= 4 is 5.91 Å². The Morgan fingerprint density at radius 3 is 2.47 bits per heavy atom. The van der Waals surface area contributed by atoms with E-state index in [0.717, 1.165) is 18.6 Å². The van der Waals surface area contributed by atoms with Gasteiger partial charge < -0.3 is 14.4 Å². The number of alkyl halides is 3. The number of methoxy groups -OCH3 is 1. The van der Waals surface area contributed by atoms with E-state index < -0.39 is 18.2 Å². The number of halogens is 4. The van der Waals surface area contributed by atoms with Gasteiger partial charge in [-0.3, -0.25) is 4.79 Å². The SMILES string of the molecule is COc1c(C#N)ccc(OC(C)C(F)(F)F)c1C(=O)N1Cc2cn(-c3ccc(F)cc3)nc2C1. The van der Waals surface area contributed by atoms with E-state index in [4.69, 9.17) is 9.47 Å². The van der Waals surface area contributed by atoms with Gasteiger partial charge in [0.25, 0.3) is 5.91 Å². The molecule has 4 rings (SSSR count). The zero-order valence-corrected chi connectivity index (χ0v) is 18.1. The van der Waals surface area contributed by atoms with Crippen LogP contribution >= 0.6 is 0 Å². The van der Waals surface area contributed by atoms with Crippen LogP contribution in [0.4, 0.5) is 17.6 Å². The van der Waals surface area contributed by atoms with Crippen LogP contribution in [0.25, 0.3) is 5.69 Å². The van der Waals surface area contributed by atoms with E-state index in [0.29, 0.717) is 11.4 Å². The summed E-state index contributed by atoms with van der Waals surface area (Å²) in [7, 11) is 1.22. The zero-order chi connectivity index (χ0) is 24.6. The van der Waals surface area contributed by atoms with Crippen LogP contribution in [-0.4, -0.2) is 40.0 Å². The van der Waals surface area contributed by atoms with Crippen molar-refractivity contribution in [3.8, 4) is 23.3 Å². The summed E-state index contributed by atoms with van der Waals surface area (Å²) in [4.78, 5) is 14.8. The van der Waals surface area contributed by atoms with E-state index >= 15 is 0 Å². The average molecular weight is 474 g/mol. The monoisotopic (exact) mass is 474 g/mol. The largest absolute Gasteiger partial charge is 0.494 e. The van der Waals surface area contributed by atoms with Gasteiger partial charge in [-0.15, -0.1) is 0 Å². The summed E-state index contributed by atoms with van der Waals surface area (Å²) in [6, 6.07) is 9.98. The quantitative estimate of drug-likeness (QED) is 0.513. The Morgan fingerprint density at radius 1 is 1.18 bits per heavy atom. The number of amides is 1. The molecule has 0 spiro atoms. The second-order valence-corrected chi connectivity index (χ2v) is 7.62. The molecule has 0 aliphatic carbocycles. The number of rotatable bonds is 5. The molecule has 2 heterocycles. The Hall–Kier alpha value is -4.07. The van der Waals surface area contributed by atoms with Gasteiger partial charge in [0, 0.05) is 18.3 Å². The minimum Gasteiger partial charge on any atom is -0.494 e. The molecule has 11 heteroatoms. The first kappa shape index (κ1) is 23.1. The number of benzene rings is 2. The first-order valence-electron chi connectivity index (χ1n) is 10.1. The number of hydrogen-bond acceptors (Lipinski definition) is 5. The molecular formula is C23H18F4N4O3. The maximum atomic E-state index is 13.4. The van der Waals surface area contributed by atoms with E-state index in [1.165, 1.54) is 30.2 Å². The third kappa shape index (κ3) is 4.26. The van der Waals surface area contributed by atoms with E-state index in [2.05, 4.69) is 5.10 Å². The van der Waals surface area contributed by atoms with E-state index in [-0.39, 0.29) is 41.5 Å². The van der Waals surface area contributed by atoms with Gasteiger partial charge in [-0.1, -0.05) is 0 Å². The predicted octanol–water partition coefficient (Wildman–Crippen LogP) is 4.38. The standard InChI is InChI=1S/C23H18F4N4O3/c1-13(23(25,26)27)34-19-8-3-14(9-28)21(33-2)20(19)22(32)30-10-15-11-31(29-18(15)12-30)17-6-4-16(24)5-7-17/h3-8,11,13H,10,12H2,1-2H3. The summed E-state index contributed by atoms with van der Waals surface area (Å²) in [6.07, 6.45) is -5.15. The topological polar surface area (TPSA) is 80.4 Å². The highest BCUT2D eigenvalue weighted by molar-refractivity contribution is 6.00. The Morgan fingerprint density at radius 2 is 1.88 bits per heavy atom. The third-order valence-corrected chi connectivity index (χ3v) is 5.38. The molecule has 34 heavy (non-hydrogen) atoms. The van der Waals surface area contributed by atoms with Crippen molar-refractivity contribution in [1.82, 2.24) is 14.7 Å². The minimum absolute atomic E-state index is 0.0173. The molecule has 0 N–H and O–H groups in total. The van der Waals surface area contributed by atoms with Gasteiger partial charge >= 0.3 is 6.18 Å². The van der Waals surface area contributed by atoms with E-state index in [1.54, 1.807) is 23.0 Å². The lowest BCUT2D eigenvalue weighted by molar-refractivity contribution is -0.189. The van der Waals surface area contributed by atoms with Crippen molar-refractivity contribution in [2.75, 3.05) is 7.11 Å². The van der Waals surface area contributed by atoms with E-state index in [9.17, 15) is 27.6 Å². The van der Waals surface area contributed by atoms with E-state index in [1.807, 2.05) is 6.07 Å². The summed E-state index contributed by atoms with van der Waals surface area (Å²) >= 11 is 0. The van der Waals surface area contributed by atoms with Crippen molar-refractivity contribution in [2.24, 2.45) is 0 Å². The molecule has 0 radical (unpaired) electrons. The van der Waals surface area contributed by atoms with Crippen molar-refractivity contribution in [3.05, 3.63) is 70.8 Å². The first-order chi connectivity index (χ1) is 16.1. The number of ether oxygens (including phenoxy) is 2. The van der Waals surface area contributed by atoms with Crippen LogP contribution in [0.5, 0.6) is 11.5 Å². The molecule has 2 aromatic carbocycles. The normalized spacial score (nSPS) is 13.9. The molecule has 1 amide bonds. The van der Waals surface area contributed by atoms with Crippen LogP contribution in [0, 0.1) is 17.1 Å². The highest BCUT2D eigenvalue weighted by Crippen LogP contribution is 2.37. The lowest BCUT2D eigenvalue weighted by Gasteiger charge is -2.23. The van der Waals surface area contributed by atoms with Gasteiger partial charge in [0.1, 0.15) is 23.2 Å². The average Bonchev–Trinajstić information content (AvgIpc) is 3.37. The van der Waals surface area contributed by atoms with Gasteiger partial charge in [0.05, 0.1) is 30.6 Å². The molecule has 3 aromatic rings. The fourth-order valence-electron chi connectivity index (χ4n) is 3.60. The Kier molecular flexibility index (Phi) is 5.91. The second kappa shape index (κ2) is 8.70.